The van der Waals surface area contributed by atoms with Crippen molar-refractivity contribution in [2.75, 3.05) is 31.5 Å². The van der Waals surface area contributed by atoms with E-state index in [1.54, 1.807) is 36.4 Å². The third-order valence-corrected chi connectivity index (χ3v) is 6.25. The fourth-order valence-electron chi connectivity index (χ4n) is 3.45. The number of rotatable bonds is 10. The predicted molar refractivity (Wildman–Crippen MR) is 131 cm³/mol. The molecule has 0 fully saturated rings. The minimum Gasteiger partial charge on any atom is -0.351 e. The van der Waals surface area contributed by atoms with Crippen molar-refractivity contribution in [1.29, 1.82) is 0 Å². The topological polar surface area (TPSA) is 74.3 Å². The fraction of sp³-hybridized carbons (Fsp3) is 0.320. The maximum atomic E-state index is 13.3. The molecular formula is C25H29FN4O2S. The van der Waals surface area contributed by atoms with Gasteiger partial charge in [0.1, 0.15) is 5.82 Å². The van der Waals surface area contributed by atoms with Gasteiger partial charge in [-0.05, 0) is 68.5 Å². The summed E-state index contributed by atoms with van der Waals surface area (Å²) in [6, 6.07) is 12.9. The van der Waals surface area contributed by atoms with Gasteiger partial charge in [-0.2, -0.15) is 0 Å². The number of amides is 2. The third-order valence-electron chi connectivity index (χ3n) is 5.28. The van der Waals surface area contributed by atoms with E-state index in [-0.39, 0.29) is 24.1 Å². The Kier molecular flexibility index (Phi) is 8.68. The van der Waals surface area contributed by atoms with Crippen LogP contribution in [0.3, 0.4) is 0 Å². The number of carbonyl (C=O) groups is 2. The first kappa shape index (κ1) is 24.5. The number of nitrogens with zero attached hydrogens (tertiary/aromatic N) is 2. The van der Waals surface area contributed by atoms with Crippen LogP contribution in [0.4, 0.5) is 10.1 Å². The Morgan fingerprint density at radius 3 is 2.33 bits per heavy atom. The van der Waals surface area contributed by atoms with Crippen LogP contribution in [0.1, 0.15) is 34.1 Å². The molecular weight excluding hydrogens is 439 g/mol. The van der Waals surface area contributed by atoms with E-state index >= 15 is 0 Å². The van der Waals surface area contributed by atoms with Gasteiger partial charge < -0.3 is 15.5 Å². The minimum absolute atomic E-state index is 0.135. The number of anilines is 1. The molecule has 8 heteroatoms. The second-order valence-electron chi connectivity index (χ2n) is 7.60. The number of halogens is 1. The molecule has 1 heterocycles. The Labute approximate surface area is 197 Å². The molecule has 0 radical (unpaired) electrons. The van der Waals surface area contributed by atoms with Crippen LogP contribution < -0.4 is 10.6 Å². The Morgan fingerprint density at radius 2 is 1.70 bits per heavy atom. The maximum Gasteiger partial charge on any atom is 0.251 e. The van der Waals surface area contributed by atoms with E-state index in [0.29, 0.717) is 23.5 Å². The van der Waals surface area contributed by atoms with Crippen molar-refractivity contribution in [3.8, 4) is 11.3 Å². The number of likely N-dealkylation sites (N-methyl/N-ethyl adjacent to an activating group) is 1. The highest BCUT2D eigenvalue weighted by Gasteiger charge is 2.15. The summed E-state index contributed by atoms with van der Waals surface area (Å²) in [5.41, 5.74) is 2.64. The second kappa shape index (κ2) is 11.7. The highest BCUT2D eigenvalue weighted by atomic mass is 32.1. The smallest absolute Gasteiger partial charge is 0.251 e. The van der Waals surface area contributed by atoms with Crippen LogP contribution in [0, 0.1) is 12.7 Å². The molecule has 0 saturated carbocycles. The average molecular weight is 469 g/mol. The van der Waals surface area contributed by atoms with E-state index in [9.17, 15) is 14.0 Å². The van der Waals surface area contributed by atoms with E-state index in [0.717, 1.165) is 35.1 Å². The van der Waals surface area contributed by atoms with E-state index in [1.807, 2.05) is 6.92 Å². The molecule has 0 aliphatic carbocycles. The zero-order valence-electron chi connectivity index (χ0n) is 19.2. The molecule has 2 N–H and O–H groups in total. The monoisotopic (exact) mass is 468 g/mol. The highest BCUT2D eigenvalue weighted by Crippen LogP contribution is 2.29. The SMILES string of the molecule is CCN(CC)CCNC(=O)c1ccc(NC(=O)Cc2sc(C)nc2-c2ccc(F)cc2)cc1. The van der Waals surface area contributed by atoms with Gasteiger partial charge in [0.15, 0.2) is 0 Å². The van der Waals surface area contributed by atoms with Gasteiger partial charge in [-0.3, -0.25) is 9.59 Å². The van der Waals surface area contributed by atoms with Crippen LogP contribution >= 0.6 is 11.3 Å². The molecule has 0 atom stereocenters. The summed E-state index contributed by atoms with van der Waals surface area (Å²) in [6.45, 7) is 9.37. The summed E-state index contributed by atoms with van der Waals surface area (Å²) in [4.78, 5) is 32.5. The van der Waals surface area contributed by atoms with E-state index < -0.39 is 0 Å². The van der Waals surface area contributed by atoms with Gasteiger partial charge in [0.05, 0.1) is 17.1 Å². The first-order valence-electron chi connectivity index (χ1n) is 11.0. The maximum absolute atomic E-state index is 13.3. The van der Waals surface area contributed by atoms with Gasteiger partial charge in [-0.1, -0.05) is 13.8 Å². The van der Waals surface area contributed by atoms with Crippen LogP contribution in [0.15, 0.2) is 48.5 Å². The molecule has 0 bridgehead atoms. The quantitative estimate of drug-likeness (QED) is 0.459. The molecule has 0 aliphatic rings. The average Bonchev–Trinajstić information content (AvgIpc) is 3.17. The first-order valence-corrected chi connectivity index (χ1v) is 11.8. The zero-order chi connectivity index (χ0) is 23.8. The van der Waals surface area contributed by atoms with Crippen LogP contribution in [-0.4, -0.2) is 47.9 Å². The molecule has 2 aromatic carbocycles. The van der Waals surface area contributed by atoms with Crippen molar-refractivity contribution < 1.29 is 14.0 Å². The van der Waals surface area contributed by atoms with Crippen molar-refractivity contribution in [2.24, 2.45) is 0 Å². The Balaban J connectivity index is 1.57. The summed E-state index contributed by atoms with van der Waals surface area (Å²) in [7, 11) is 0. The molecule has 6 nitrogen and oxygen atoms in total. The van der Waals surface area contributed by atoms with Crippen LogP contribution in [-0.2, 0) is 11.2 Å². The van der Waals surface area contributed by atoms with Crippen molar-refractivity contribution in [3.05, 3.63) is 69.8 Å². The number of aromatic nitrogens is 1. The van der Waals surface area contributed by atoms with E-state index in [2.05, 4.69) is 34.4 Å². The molecule has 0 spiro atoms. The molecule has 33 heavy (non-hydrogen) atoms. The number of nitrogens with one attached hydrogen (secondary N) is 2. The third kappa shape index (κ3) is 6.94. The molecule has 0 saturated heterocycles. The normalized spacial score (nSPS) is 10.9. The van der Waals surface area contributed by atoms with Crippen molar-refractivity contribution in [1.82, 2.24) is 15.2 Å². The van der Waals surface area contributed by atoms with Gasteiger partial charge in [0.2, 0.25) is 5.91 Å². The molecule has 0 unspecified atom stereocenters. The Morgan fingerprint density at radius 1 is 1.03 bits per heavy atom. The number of hydrogen-bond donors (Lipinski definition) is 2. The van der Waals surface area contributed by atoms with Gasteiger partial charge in [0.25, 0.3) is 5.91 Å². The Hall–Kier alpha value is -3.10. The van der Waals surface area contributed by atoms with Crippen molar-refractivity contribution in [2.45, 2.75) is 27.2 Å². The van der Waals surface area contributed by atoms with Gasteiger partial charge in [0, 0.05) is 34.8 Å². The summed E-state index contributed by atoms with van der Waals surface area (Å²) in [6.07, 6.45) is 0.159. The molecule has 3 aromatic rings. The summed E-state index contributed by atoms with van der Waals surface area (Å²) >= 11 is 1.45. The van der Waals surface area contributed by atoms with Crippen molar-refractivity contribution >= 4 is 28.8 Å². The molecule has 2 amide bonds. The fourth-order valence-corrected chi connectivity index (χ4v) is 4.40. The zero-order valence-corrected chi connectivity index (χ0v) is 20.0. The van der Waals surface area contributed by atoms with Crippen LogP contribution in [0.5, 0.6) is 0 Å². The molecule has 3 rings (SSSR count). The summed E-state index contributed by atoms with van der Waals surface area (Å²) in [5, 5.41) is 6.63. The Bertz CT molecular complexity index is 1080. The summed E-state index contributed by atoms with van der Waals surface area (Å²) < 4.78 is 13.3. The molecule has 0 aliphatic heterocycles. The molecule has 1 aromatic heterocycles. The van der Waals surface area contributed by atoms with Gasteiger partial charge >= 0.3 is 0 Å². The van der Waals surface area contributed by atoms with Crippen molar-refractivity contribution in [3.63, 3.8) is 0 Å². The van der Waals surface area contributed by atoms with E-state index in [4.69, 9.17) is 0 Å². The lowest BCUT2D eigenvalue weighted by Crippen LogP contribution is -2.34. The lowest BCUT2D eigenvalue weighted by atomic mass is 10.1. The lowest BCUT2D eigenvalue weighted by Gasteiger charge is -2.18. The number of thiazole rings is 1. The number of aryl methyl sites for hydroxylation is 1. The van der Waals surface area contributed by atoms with Crippen LogP contribution in [0.25, 0.3) is 11.3 Å². The highest BCUT2D eigenvalue weighted by molar-refractivity contribution is 7.12. The lowest BCUT2D eigenvalue weighted by molar-refractivity contribution is -0.115. The first-order chi connectivity index (χ1) is 15.9. The van der Waals surface area contributed by atoms with E-state index in [1.165, 1.54) is 23.5 Å². The van der Waals surface area contributed by atoms with Gasteiger partial charge in [-0.15, -0.1) is 11.3 Å². The minimum atomic E-state index is -0.314. The standard InChI is InChI=1S/C25H29FN4O2S/c1-4-30(5-2)15-14-27-25(32)19-8-12-21(13-9-19)29-23(31)16-22-24(28-17(3)33-22)18-6-10-20(26)11-7-18/h6-13H,4-5,14-16H2,1-3H3,(H,27,32)(H,29,31). The number of carbonyl (C=O) groups excluding carboxylic acids is 2. The molecule has 174 valence electrons. The number of hydrogen-bond acceptors (Lipinski definition) is 5. The summed E-state index contributed by atoms with van der Waals surface area (Å²) in [5.74, 6) is -0.631. The van der Waals surface area contributed by atoms with Crippen LogP contribution in [0.2, 0.25) is 0 Å². The largest absolute Gasteiger partial charge is 0.351 e. The van der Waals surface area contributed by atoms with Gasteiger partial charge in [-0.25, -0.2) is 9.37 Å². The number of benzene rings is 2. The predicted octanol–water partition coefficient (Wildman–Crippen LogP) is 4.51. The second-order valence-corrected chi connectivity index (χ2v) is 8.88.